The molecule has 1 saturated heterocycles. The Morgan fingerprint density at radius 1 is 1.59 bits per heavy atom. The van der Waals surface area contributed by atoms with Gasteiger partial charge in [0.15, 0.2) is 0 Å². The second-order valence-electron chi connectivity index (χ2n) is 4.13. The van der Waals surface area contributed by atoms with Crippen LogP contribution in [0.25, 0.3) is 0 Å². The molecule has 0 saturated carbocycles. The van der Waals surface area contributed by atoms with Crippen LogP contribution in [0.4, 0.5) is 5.82 Å². The highest BCUT2D eigenvalue weighted by molar-refractivity contribution is 7.98. The summed E-state index contributed by atoms with van der Waals surface area (Å²) in [5.41, 5.74) is 5.87. The molecular weight excluding hydrogens is 236 g/mol. The zero-order valence-electron chi connectivity index (χ0n) is 10.2. The fraction of sp³-hybridized carbons (Fsp3) is 0.636. The molecule has 2 unspecified atom stereocenters. The number of thioether (sulfide) groups is 1. The molecule has 0 aliphatic carbocycles. The molecule has 2 atom stereocenters. The largest absolute Gasteiger partial charge is 0.373 e. The molecule has 0 aromatic carbocycles. The summed E-state index contributed by atoms with van der Waals surface area (Å²) >= 11 is 1.62. The van der Waals surface area contributed by atoms with Crippen LogP contribution in [-0.2, 0) is 4.74 Å². The van der Waals surface area contributed by atoms with Crippen LogP contribution in [0, 0.1) is 0 Å². The molecule has 6 heteroatoms. The third kappa shape index (κ3) is 3.08. The molecule has 1 aliphatic heterocycles. The molecule has 94 valence electrons. The predicted molar refractivity (Wildman–Crippen MR) is 69.4 cm³/mol. The fourth-order valence-corrected chi connectivity index (χ4v) is 2.19. The van der Waals surface area contributed by atoms with Gasteiger partial charge in [-0.15, -0.1) is 11.8 Å². The lowest BCUT2D eigenvalue weighted by Gasteiger charge is -2.35. The Labute approximate surface area is 106 Å². The maximum atomic E-state index is 5.87. The van der Waals surface area contributed by atoms with Gasteiger partial charge in [-0.05, 0) is 13.2 Å². The first-order valence-electron chi connectivity index (χ1n) is 5.69. The van der Waals surface area contributed by atoms with Crippen molar-refractivity contribution in [2.24, 2.45) is 5.73 Å². The first kappa shape index (κ1) is 12.6. The SMILES string of the molecule is CSc1cc(N2CCOC(C(C)N)C2)ncn1. The molecule has 1 aromatic rings. The first-order valence-corrected chi connectivity index (χ1v) is 6.91. The van der Waals surface area contributed by atoms with E-state index in [-0.39, 0.29) is 12.1 Å². The summed E-state index contributed by atoms with van der Waals surface area (Å²) in [7, 11) is 0. The van der Waals surface area contributed by atoms with Crippen LogP contribution in [0.5, 0.6) is 0 Å². The Morgan fingerprint density at radius 2 is 2.41 bits per heavy atom. The second kappa shape index (κ2) is 5.66. The van der Waals surface area contributed by atoms with Gasteiger partial charge in [0.25, 0.3) is 0 Å². The van der Waals surface area contributed by atoms with E-state index < -0.39 is 0 Å². The predicted octanol–water partition coefficient (Wildman–Crippen LogP) is 0.751. The highest BCUT2D eigenvalue weighted by atomic mass is 32.2. The minimum absolute atomic E-state index is 0.0413. The second-order valence-corrected chi connectivity index (χ2v) is 4.96. The Bertz CT molecular complexity index is 374. The topological polar surface area (TPSA) is 64.3 Å². The molecule has 0 radical (unpaired) electrons. The van der Waals surface area contributed by atoms with Crippen molar-refractivity contribution >= 4 is 17.6 Å². The quantitative estimate of drug-likeness (QED) is 0.634. The van der Waals surface area contributed by atoms with Crippen LogP contribution in [0.3, 0.4) is 0 Å². The van der Waals surface area contributed by atoms with Crippen molar-refractivity contribution in [3.63, 3.8) is 0 Å². The van der Waals surface area contributed by atoms with Crippen molar-refractivity contribution in [2.45, 2.75) is 24.1 Å². The van der Waals surface area contributed by atoms with E-state index >= 15 is 0 Å². The highest BCUT2D eigenvalue weighted by Crippen LogP contribution is 2.20. The van der Waals surface area contributed by atoms with E-state index in [1.54, 1.807) is 18.1 Å². The summed E-state index contributed by atoms with van der Waals surface area (Å²) in [5.74, 6) is 0.957. The number of rotatable bonds is 3. The van der Waals surface area contributed by atoms with Crippen molar-refractivity contribution < 1.29 is 4.74 Å². The Kier molecular flexibility index (Phi) is 4.20. The zero-order chi connectivity index (χ0) is 12.3. The molecule has 2 rings (SSSR count). The zero-order valence-corrected chi connectivity index (χ0v) is 11.0. The van der Waals surface area contributed by atoms with Gasteiger partial charge in [0.1, 0.15) is 17.2 Å². The maximum absolute atomic E-state index is 5.87. The van der Waals surface area contributed by atoms with Crippen LogP contribution in [0.2, 0.25) is 0 Å². The molecule has 1 aromatic heterocycles. The minimum atomic E-state index is 0.0413. The fourth-order valence-electron chi connectivity index (χ4n) is 1.82. The number of nitrogens with two attached hydrogens (primary N) is 1. The lowest BCUT2D eigenvalue weighted by Crippen LogP contribution is -2.49. The van der Waals surface area contributed by atoms with Crippen LogP contribution in [0.15, 0.2) is 17.4 Å². The van der Waals surface area contributed by atoms with Crippen LogP contribution < -0.4 is 10.6 Å². The van der Waals surface area contributed by atoms with Gasteiger partial charge >= 0.3 is 0 Å². The van der Waals surface area contributed by atoms with Crippen LogP contribution in [-0.4, -0.2) is 48.1 Å². The average molecular weight is 254 g/mol. The van der Waals surface area contributed by atoms with Gasteiger partial charge in [0, 0.05) is 25.2 Å². The van der Waals surface area contributed by atoms with Gasteiger partial charge in [-0.1, -0.05) is 0 Å². The van der Waals surface area contributed by atoms with E-state index in [2.05, 4.69) is 14.9 Å². The first-order chi connectivity index (χ1) is 8.20. The monoisotopic (exact) mass is 254 g/mol. The van der Waals surface area contributed by atoms with E-state index in [0.29, 0.717) is 6.61 Å². The summed E-state index contributed by atoms with van der Waals surface area (Å²) in [6.07, 6.45) is 3.70. The Morgan fingerprint density at radius 3 is 3.12 bits per heavy atom. The molecule has 0 amide bonds. The molecule has 5 nitrogen and oxygen atoms in total. The lowest BCUT2D eigenvalue weighted by atomic mass is 10.1. The van der Waals surface area contributed by atoms with Gasteiger partial charge in [-0.25, -0.2) is 9.97 Å². The van der Waals surface area contributed by atoms with Gasteiger partial charge in [-0.2, -0.15) is 0 Å². The van der Waals surface area contributed by atoms with E-state index in [0.717, 1.165) is 23.9 Å². The Hall–Kier alpha value is -0.850. The normalized spacial score (nSPS) is 22.5. The van der Waals surface area contributed by atoms with Gasteiger partial charge in [0.05, 0.1) is 12.7 Å². The molecule has 2 N–H and O–H groups in total. The van der Waals surface area contributed by atoms with Gasteiger partial charge in [-0.3, -0.25) is 0 Å². The van der Waals surface area contributed by atoms with Crippen molar-refractivity contribution in [1.82, 2.24) is 9.97 Å². The van der Waals surface area contributed by atoms with Crippen molar-refractivity contribution in [3.8, 4) is 0 Å². The molecule has 17 heavy (non-hydrogen) atoms. The van der Waals surface area contributed by atoms with E-state index in [1.807, 2.05) is 19.2 Å². The highest BCUT2D eigenvalue weighted by Gasteiger charge is 2.24. The third-order valence-electron chi connectivity index (χ3n) is 2.84. The van der Waals surface area contributed by atoms with Crippen LogP contribution >= 0.6 is 11.8 Å². The van der Waals surface area contributed by atoms with Gasteiger partial charge < -0.3 is 15.4 Å². The summed E-state index contributed by atoms with van der Waals surface area (Å²) < 4.78 is 5.63. The number of ether oxygens (including phenoxy) is 1. The molecule has 0 bridgehead atoms. The molecule has 1 aliphatic rings. The maximum Gasteiger partial charge on any atom is 0.133 e. The Balaban J connectivity index is 2.10. The number of morpholine rings is 1. The number of hydrogen-bond donors (Lipinski definition) is 1. The summed E-state index contributed by atoms with van der Waals surface area (Å²) in [5, 5.41) is 0.985. The van der Waals surface area contributed by atoms with Crippen LogP contribution in [0.1, 0.15) is 6.92 Å². The van der Waals surface area contributed by atoms with E-state index in [9.17, 15) is 0 Å². The lowest BCUT2D eigenvalue weighted by molar-refractivity contribution is 0.0273. The van der Waals surface area contributed by atoms with Crippen molar-refractivity contribution in [1.29, 1.82) is 0 Å². The van der Waals surface area contributed by atoms with E-state index in [4.69, 9.17) is 10.5 Å². The van der Waals surface area contributed by atoms with E-state index in [1.165, 1.54) is 0 Å². The average Bonchev–Trinajstić information content (AvgIpc) is 2.39. The number of nitrogens with zero attached hydrogens (tertiary/aromatic N) is 3. The summed E-state index contributed by atoms with van der Waals surface area (Å²) in [4.78, 5) is 10.7. The minimum Gasteiger partial charge on any atom is -0.373 e. The molecule has 2 heterocycles. The smallest absolute Gasteiger partial charge is 0.133 e. The number of anilines is 1. The summed E-state index contributed by atoms with van der Waals surface area (Å²) in [6, 6.07) is 2.05. The summed E-state index contributed by atoms with van der Waals surface area (Å²) in [6.45, 7) is 4.32. The third-order valence-corrected chi connectivity index (χ3v) is 3.48. The van der Waals surface area contributed by atoms with Crippen molar-refractivity contribution in [2.75, 3.05) is 30.9 Å². The van der Waals surface area contributed by atoms with Gasteiger partial charge in [0.2, 0.25) is 0 Å². The standard InChI is InChI=1S/C11H18N4OS/c1-8(12)9-6-15(3-4-16-9)10-5-11(17-2)14-7-13-10/h5,7-9H,3-4,6,12H2,1-2H3. The molecule has 0 spiro atoms. The number of hydrogen-bond acceptors (Lipinski definition) is 6. The molecular formula is C11H18N4OS. The number of aromatic nitrogens is 2. The molecule has 1 fully saturated rings. The van der Waals surface area contributed by atoms with Crippen molar-refractivity contribution in [3.05, 3.63) is 12.4 Å².